The van der Waals surface area contributed by atoms with Gasteiger partial charge >= 0.3 is 0 Å². The van der Waals surface area contributed by atoms with Crippen molar-refractivity contribution in [2.75, 3.05) is 0 Å². The largest absolute Gasteiger partial charge is 0.294 e. The first-order valence-electron chi connectivity index (χ1n) is 4.30. The first-order chi connectivity index (χ1) is 7.00. The minimum atomic E-state index is -4.25. The van der Waals surface area contributed by atoms with Crippen molar-refractivity contribution in [2.24, 2.45) is 0 Å². The van der Waals surface area contributed by atoms with Crippen LogP contribution in [0.5, 0.6) is 0 Å². The number of benzene rings is 1. The van der Waals surface area contributed by atoms with E-state index < -0.39 is 10.1 Å². The summed E-state index contributed by atoms with van der Waals surface area (Å²) < 4.78 is 31.0. The third kappa shape index (κ3) is 1.71. The predicted octanol–water partition coefficient (Wildman–Crippen LogP) is 1.23. The molecule has 0 saturated carbocycles. The SMILES string of the molecule is O=C1C=CCc2c1cccc2S(=O)(=O)O. The molecule has 0 amide bonds. The zero-order valence-electron chi connectivity index (χ0n) is 7.67. The van der Waals surface area contributed by atoms with Crippen molar-refractivity contribution < 1.29 is 17.8 Å². The smallest absolute Gasteiger partial charge is 0.289 e. The fourth-order valence-electron chi connectivity index (χ4n) is 1.62. The van der Waals surface area contributed by atoms with E-state index in [2.05, 4.69) is 0 Å². The van der Waals surface area contributed by atoms with Gasteiger partial charge in [-0.25, -0.2) is 0 Å². The van der Waals surface area contributed by atoms with Crippen molar-refractivity contribution in [1.82, 2.24) is 0 Å². The van der Waals surface area contributed by atoms with Gasteiger partial charge in [0.1, 0.15) is 0 Å². The number of carbonyl (C=O) groups is 1. The summed E-state index contributed by atoms with van der Waals surface area (Å²) in [6.45, 7) is 0. The molecule has 0 unspecified atom stereocenters. The summed E-state index contributed by atoms with van der Waals surface area (Å²) in [5, 5.41) is 0. The second-order valence-corrected chi connectivity index (χ2v) is 4.62. The molecule has 0 fully saturated rings. The molecule has 1 aliphatic rings. The van der Waals surface area contributed by atoms with Crippen molar-refractivity contribution >= 4 is 15.9 Å². The average Bonchev–Trinajstić information content (AvgIpc) is 2.16. The van der Waals surface area contributed by atoms with Crippen molar-refractivity contribution in [2.45, 2.75) is 11.3 Å². The number of hydrogen-bond donors (Lipinski definition) is 1. The molecule has 0 aromatic heterocycles. The van der Waals surface area contributed by atoms with Gasteiger partial charge in [-0.05, 0) is 24.1 Å². The van der Waals surface area contributed by atoms with Crippen molar-refractivity contribution in [3.05, 3.63) is 41.5 Å². The second-order valence-electron chi connectivity index (χ2n) is 3.23. The summed E-state index contributed by atoms with van der Waals surface area (Å²) in [5.41, 5.74) is 0.708. The quantitative estimate of drug-likeness (QED) is 0.728. The molecular formula is C10H8O4S. The molecule has 0 radical (unpaired) electrons. The van der Waals surface area contributed by atoms with E-state index in [0.717, 1.165) is 0 Å². The summed E-state index contributed by atoms with van der Waals surface area (Å²) in [6, 6.07) is 4.29. The number of fused-ring (bicyclic) bond motifs is 1. The van der Waals surface area contributed by atoms with Crippen molar-refractivity contribution in [3.8, 4) is 0 Å². The average molecular weight is 224 g/mol. The van der Waals surface area contributed by atoms with Crippen LogP contribution in [0, 0.1) is 0 Å². The maximum atomic E-state index is 11.4. The van der Waals surface area contributed by atoms with Crippen LogP contribution in [0.25, 0.3) is 0 Å². The Bertz CT molecular complexity index is 555. The Balaban J connectivity index is 2.73. The lowest BCUT2D eigenvalue weighted by Crippen LogP contribution is -2.11. The van der Waals surface area contributed by atoms with Crippen LogP contribution in [0.3, 0.4) is 0 Å². The molecule has 5 heteroatoms. The standard InChI is InChI=1S/C10H8O4S/c11-9-5-1-4-8-7(9)3-2-6-10(8)15(12,13)14/h1-3,5-6H,4H2,(H,12,13,14). The van der Waals surface area contributed by atoms with Gasteiger partial charge in [0.15, 0.2) is 5.78 Å². The monoisotopic (exact) mass is 224 g/mol. The van der Waals surface area contributed by atoms with Crippen molar-refractivity contribution in [1.29, 1.82) is 0 Å². The lowest BCUT2D eigenvalue weighted by Gasteiger charge is -2.12. The first kappa shape index (κ1) is 10.1. The topological polar surface area (TPSA) is 71.4 Å². The molecule has 2 rings (SSSR count). The lowest BCUT2D eigenvalue weighted by atomic mass is 9.96. The zero-order valence-corrected chi connectivity index (χ0v) is 8.49. The number of ketones is 1. The molecule has 0 saturated heterocycles. The predicted molar refractivity (Wildman–Crippen MR) is 53.4 cm³/mol. The summed E-state index contributed by atoms with van der Waals surface area (Å²) >= 11 is 0. The van der Waals surface area contributed by atoms with Crippen LogP contribution in [-0.2, 0) is 16.5 Å². The highest BCUT2D eigenvalue weighted by Crippen LogP contribution is 2.24. The highest BCUT2D eigenvalue weighted by Gasteiger charge is 2.21. The number of allylic oxidation sites excluding steroid dienone is 2. The Morgan fingerprint density at radius 3 is 2.67 bits per heavy atom. The third-order valence-electron chi connectivity index (χ3n) is 2.27. The van der Waals surface area contributed by atoms with Gasteiger partial charge in [0.25, 0.3) is 10.1 Å². The molecule has 1 aromatic carbocycles. The minimum absolute atomic E-state index is 0.183. The Kier molecular flexibility index (Phi) is 2.21. The molecular weight excluding hydrogens is 216 g/mol. The summed E-state index contributed by atoms with van der Waals surface area (Å²) in [6.07, 6.45) is 3.33. The maximum Gasteiger partial charge on any atom is 0.294 e. The van der Waals surface area contributed by atoms with Crippen LogP contribution in [-0.4, -0.2) is 18.8 Å². The molecule has 1 N–H and O–H groups in total. The second kappa shape index (κ2) is 3.29. The van der Waals surface area contributed by atoms with E-state index in [0.29, 0.717) is 17.5 Å². The minimum Gasteiger partial charge on any atom is -0.289 e. The van der Waals surface area contributed by atoms with Gasteiger partial charge < -0.3 is 0 Å². The van der Waals surface area contributed by atoms with Gasteiger partial charge in [0, 0.05) is 5.56 Å². The van der Waals surface area contributed by atoms with E-state index >= 15 is 0 Å². The van der Waals surface area contributed by atoms with Crippen LogP contribution in [0.4, 0.5) is 0 Å². The van der Waals surface area contributed by atoms with Gasteiger partial charge in [-0.3, -0.25) is 9.35 Å². The molecule has 0 aliphatic heterocycles. The van der Waals surface area contributed by atoms with E-state index in [1.54, 1.807) is 12.1 Å². The Labute approximate surface area is 87.0 Å². The Morgan fingerprint density at radius 1 is 1.27 bits per heavy atom. The summed E-state index contributed by atoms with van der Waals surface area (Å²) in [7, 11) is -4.25. The lowest BCUT2D eigenvalue weighted by molar-refractivity contribution is 0.104. The van der Waals surface area contributed by atoms with Gasteiger partial charge in [-0.1, -0.05) is 18.2 Å². The zero-order chi connectivity index (χ0) is 11.1. The van der Waals surface area contributed by atoms with E-state index in [1.807, 2.05) is 0 Å². The van der Waals surface area contributed by atoms with Crippen LogP contribution in [0.2, 0.25) is 0 Å². The Morgan fingerprint density at radius 2 is 2.00 bits per heavy atom. The van der Waals surface area contributed by atoms with E-state index in [1.165, 1.54) is 18.2 Å². The van der Waals surface area contributed by atoms with Gasteiger partial charge in [-0.15, -0.1) is 0 Å². The molecule has 15 heavy (non-hydrogen) atoms. The molecule has 0 bridgehead atoms. The summed E-state index contributed by atoms with van der Waals surface area (Å²) in [4.78, 5) is 11.2. The van der Waals surface area contributed by atoms with Gasteiger partial charge in [0.05, 0.1) is 4.90 Å². The normalized spacial score (nSPS) is 15.1. The summed E-state index contributed by atoms with van der Waals surface area (Å²) in [5.74, 6) is -0.234. The number of carbonyl (C=O) groups excluding carboxylic acids is 1. The van der Waals surface area contributed by atoms with E-state index in [4.69, 9.17) is 4.55 Å². The highest BCUT2D eigenvalue weighted by molar-refractivity contribution is 7.85. The molecule has 78 valence electrons. The molecule has 1 aliphatic carbocycles. The van der Waals surface area contributed by atoms with Crippen LogP contribution < -0.4 is 0 Å². The highest BCUT2D eigenvalue weighted by atomic mass is 32.2. The van der Waals surface area contributed by atoms with Crippen molar-refractivity contribution in [3.63, 3.8) is 0 Å². The maximum absolute atomic E-state index is 11.4. The molecule has 1 aromatic rings. The molecule has 0 atom stereocenters. The fraction of sp³-hybridized carbons (Fsp3) is 0.100. The van der Waals surface area contributed by atoms with Gasteiger partial charge in [0.2, 0.25) is 0 Å². The van der Waals surface area contributed by atoms with E-state index in [-0.39, 0.29) is 10.7 Å². The number of hydrogen-bond acceptors (Lipinski definition) is 3. The molecule has 4 nitrogen and oxygen atoms in total. The van der Waals surface area contributed by atoms with Crippen LogP contribution >= 0.6 is 0 Å². The van der Waals surface area contributed by atoms with Crippen LogP contribution in [0.1, 0.15) is 15.9 Å². The van der Waals surface area contributed by atoms with Gasteiger partial charge in [-0.2, -0.15) is 8.42 Å². The third-order valence-corrected chi connectivity index (χ3v) is 3.21. The van der Waals surface area contributed by atoms with Crippen LogP contribution in [0.15, 0.2) is 35.2 Å². The fourth-order valence-corrected chi connectivity index (χ4v) is 2.38. The molecule has 0 heterocycles. The van der Waals surface area contributed by atoms with E-state index in [9.17, 15) is 13.2 Å². The number of rotatable bonds is 1. The Hall–Kier alpha value is -1.46. The molecule has 0 spiro atoms. The first-order valence-corrected chi connectivity index (χ1v) is 5.74.